The third-order valence-corrected chi connectivity index (χ3v) is 1.08. The Morgan fingerprint density at radius 3 is 1.57 bits per heavy atom. The second kappa shape index (κ2) is 4.74. The molecule has 0 amide bonds. The van der Waals surface area contributed by atoms with Crippen LogP contribution in [0.2, 0.25) is 0 Å². The molecule has 0 saturated carbocycles. The zero-order valence-electron chi connectivity index (χ0n) is 4.30. The molecule has 0 N–H and O–H groups in total. The van der Waals surface area contributed by atoms with E-state index < -0.39 is 0 Å². The maximum Gasteiger partial charge on any atom is 0.0466 e. The van der Waals surface area contributed by atoms with Gasteiger partial charge in [-0.2, -0.15) is 0 Å². The molecule has 7 heavy (non-hydrogen) atoms. The van der Waals surface area contributed by atoms with E-state index in [0.29, 0.717) is 0 Å². The fourth-order valence-corrected chi connectivity index (χ4v) is 0.687. The van der Waals surface area contributed by atoms with Crippen LogP contribution in [0.3, 0.4) is 0 Å². The van der Waals surface area contributed by atoms with E-state index in [1.54, 1.807) is 0 Å². The summed E-state index contributed by atoms with van der Waals surface area (Å²) < 4.78 is 5.07. The SMILES string of the molecule is C1CCOCC1.[Ru]. The minimum absolute atomic E-state index is 0. The Labute approximate surface area is 57.2 Å². The number of hydrogen-bond acceptors (Lipinski definition) is 1. The smallest absolute Gasteiger partial charge is 0.0466 e. The molecule has 1 aliphatic heterocycles. The van der Waals surface area contributed by atoms with E-state index >= 15 is 0 Å². The van der Waals surface area contributed by atoms with Gasteiger partial charge in [-0.1, -0.05) is 0 Å². The van der Waals surface area contributed by atoms with Crippen LogP contribution in [-0.2, 0) is 24.2 Å². The minimum atomic E-state index is 0. The Hall–Kier alpha value is 0.583. The predicted octanol–water partition coefficient (Wildman–Crippen LogP) is 1.18. The first-order chi connectivity index (χ1) is 3.00. The minimum Gasteiger partial charge on any atom is -0.381 e. The monoisotopic (exact) mass is 188 g/mol. The van der Waals surface area contributed by atoms with E-state index in [0.717, 1.165) is 13.2 Å². The van der Waals surface area contributed by atoms with Crippen molar-refractivity contribution in [2.24, 2.45) is 0 Å². The average Bonchev–Trinajstić information content (AvgIpc) is 1.72. The summed E-state index contributed by atoms with van der Waals surface area (Å²) in [6.45, 7) is 2.00. The van der Waals surface area contributed by atoms with Gasteiger partial charge in [-0.25, -0.2) is 0 Å². The largest absolute Gasteiger partial charge is 0.381 e. The fourth-order valence-electron chi connectivity index (χ4n) is 0.687. The molecule has 1 heterocycles. The van der Waals surface area contributed by atoms with Gasteiger partial charge >= 0.3 is 0 Å². The van der Waals surface area contributed by atoms with Crippen molar-refractivity contribution in [2.45, 2.75) is 19.3 Å². The van der Waals surface area contributed by atoms with Gasteiger partial charge in [0.25, 0.3) is 0 Å². The zero-order valence-corrected chi connectivity index (χ0v) is 6.04. The second-order valence-electron chi connectivity index (χ2n) is 1.67. The van der Waals surface area contributed by atoms with Crippen molar-refractivity contribution in [3.05, 3.63) is 0 Å². The molecule has 0 radical (unpaired) electrons. The van der Waals surface area contributed by atoms with E-state index in [2.05, 4.69) is 0 Å². The number of ether oxygens (including phenoxy) is 1. The van der Waals surface area contributed by atoms with Gasteiger partial charge in [0.2, 0.25) is 0 Å². The Morgan fingerprint density at radius 2 is 1.43 bits per heavy atom. The van der Waals surface area contributed by atoms with Crippen LogP contribution in [0.5, 0.6) is 0 Å². The first kappa shape index (κ1) is 7.58. The van der Waals surface area contributed by atoms with Crippen molar-refractivity contribution in [3.63, 3.8) is 0 Å². The van der Waals surface area contributed by atoms with E-state index in [9.17, 15) is 0 Å². The second-order valence-corrected chi connectivity index (χ2v) is 1.67. The molecule has 1 nitrogen and oxygen atoms in total. The van der Waals surface area contributed by atoms with Crippen molar-refractivity contribution in [1.29, 1.82) is 0 Å². The van der Waals surface area contributed by atoms with E-state index in [-0.39, 0.29) is 19.5 Å². The predicted molar refractivity (Wildman–Crippen MR) is 24.7 cm³/mol. The summed E-state index contributed by atoms with van der Waals surface area (Å²) in [6, 6.07) is 0. The van der Waals surface area contributed by atoms with Gasteiger partial charge in [0.05, 0.1) is 0 Å². The third-order valence-electron chi connectivity index (χ3n) is 1.08. The van der Waals surface area contributed by atoms with E-state index in [1.807, 2.05) is 0 Å². The third kappa shape index (κ3) is 3.19. The standard InChI is InChI=1S/C5H10O.Ru/c1-2-4-6-5-3-1;/h1-5H2;. The van der Waals surface area contributed by atoms with Gasteiger partial charge < -0.3 is 4.74 Å². The van der Waals surface area contributed by atoms with Gasteiger partial charge in [-0.15, -0.1) is 0 Å². The summed E-state index contributed by atoms with van der Waals surface area (Å²) in [4.78, 5) is 0. The topological polar surface area (TPSA) is 9.23 Å². The quantitative estimate of drug-likeness (QED) is 0.517. The maximum absolute atomic E-state index is 5.07. The molecule has 0 aromatic heterocycles. The van der Waals surface area contributed by atoms with Crippen molar-refractivity contribution in [1.82, 2.24) is 0 Å². The summed E-state index contributed by atoms with van der Waals surface area (Å²) in [5.41, 5.74) is 0. The van der Waals surface area contributed by atoms with Crippen molar-refractivity contribution < 1.29 is 24.2 Å². The first-order valence-electron chi connectivity index (χ1n) is 2.58. The normalized spacial score (nSPS) is 20.6. The van der Waals surface area contributed by atoms with Gasteiger partial charge in [0.1, 0.15) is 0 Å². The molecule has 0 unspecified atom stereocenters. The molecule has 0 spiro atoms. The Morgan fingerprint density at radius 1 is 0.857 bits per heavy atom. The molecule has 44 valence electrons. The molecule has 1 rings (SSSR count). The molecule has 0 aromatic rings. The first-order valence-corrected chi connectivity index (χ1v) is 2.58. The molecule has 0 aromatic carbocycles. The summed E-state index contributed by atoms with van der Waals surface area (Å²) in [5, 5.41) is 0. The van der Waals surface area contributed by atoms with Crippen LogP contribution in [-0.4, -0.2) is 13.2 Å². The number of hydrogen-bond donors (Lipinski definition) is 0. The van der Waals surface area contributed by atoms with Gasteiger partial charge in [-0.05, 0) is 19.3 Å². The molecular weight excluding hydrogens is 177 g/mol. The van der Waals surface area contributed by atoms with Gasteiger partial charge in [0, 0.05) is 32.7 Å². The zero-order chi connectivity index (χ0) is 4.24. The summed E-state index contributed by atoms with van der Waals surface area (Å²) in [6.07, 6.45) is 3.93. The Kier molecular flexibility index (Phi) is 5.13. The molecule has 0 atom stereocenters. The van der Waals surface area contributed by atoms with Crippen molar-refractivity contribution in [3.8, 4) is 0 Å². The van der Waals surface area contributed by atoms with Crippen LogP contribution in [0.25, 0.3) is 0 Å². The summed E-state index contributed by atoms with van der Waals surface area (Å²) >= 11 is 0. The van der Waals surface area contributed by atoms with E-state index in [1.165, 1.54) is 19.3 Å². The molecular formula is C5H10ORu. The molecule has 0 aliphatic carbocycles. The molecule has 2 heteroatoms. The number of rotatable bonds is 0. The fraction of sp³-hybridized carbons (Fsp3) is 1.00. The molecule has 0 bridgehead atoms. The molecule has 1 aliphatic rings. The van der Waals surface area contributed by atoms with Crippen LogP contribution in [0.1, 0.15) is 19.3 Å². The van der Waals surface area contributed by atoms with E-state index in [4.69, 9.17) is 4.74 Å². The van der Waals surface area contributed by atoms with Crippen LogP contribution >= 0.6 is 0 Å². The average molecular weight is 187 g/mol. The van der Waals surface area contributed by atoms with Crippen LogP contribution in [0.4, 0.5) is 0 Å². The molecule has 1 saturated heterocycles. The van der Waals surface area contributed by atoms with Crippen LogP contribution < -0.4 is 0 Å². The molecule has 1 fully saturated rings. The summed E-state index contributed by atoms with van der Waals surface area (Å²) in [7, 11) is 0. The summed E-state index contributed by atoms with van der Waals surface area (Å²) in [5.74, 6) is 0. The maximum atomic E-state index is 5.07. The van der Waals surface area contributed by atoms with Crippen LogP contribution in [0.15, 0.2) is 0 Å². The van der Waals surface area contributed by atoms with Gasteiger partial charge in [0.15, 0.2) is 0 Å². The Balaban J connectivity index is 0.000000360. The van der Waals surface area contributed by atoms with Crippen molar-refractivity contribution in [2.75, 3.05) is 13.2 Å². The van der Waals surface area contributed by atoms with Gasteiger partial charge in [-0.3, -0.25) is 0 Å². The van der Waals surface area contributed by atoms with Crippen LogP contribution in [0, 0.1) is 0 Å². The van der Waals surface area contributed by atoms with Crippen molar-refractivity contribution >= 4 is 0 Å². The Bertz CT molecular complexity index is 23.6.